The van der Waals surface area contributed by atoms with Gasteiger partial charge in [0, 0.05) is 48.5 Å². The van der Waals surface area contributed by atoms with Crippen LogP contribution in [0.15, 0.2) is 30.6 Å². The van der Waals surface area contributed by atoms with Gasteiger partial charge in [-0.1, -0.05) is 0 Å². The number of nitrogens with zero attached hydrogens (tertiary/aromatic N) is 6. The van der Waals surface area contributed by atoms with Gasteiger partial charge in [0.2, 0.25) is 0 Å². The third kappa shape index (κ3) is 4.57. The molecule has 0 bridgehead atoms. The van der Waals surface area contributed by atoms with Crippen molar-refractivity contribution >= 4 is 27.4 Å². The fourth-order valence-electron chi connectivity index (χ4n) is 4.47. The molecular weight excluding hydrogens is 408 g/mol. The van der Waals surface area contributed by atoms with E-state index < -0.39 is 0 Å². The lowest BCUT2D eigenvalue weighted by Crippen LogP contribution is -2.41. The van der Waals surface area contributed by atoms with Crippen molar-refractivity contribution in [2.45, 2.75) is 25.4 Å². The monoisotopic (exact) mass is 438 g/mol. The van der Waals surface area contributed by atoms with Crippen molar-refractivity contribution in [2.75, 3.05) is 58.4 Å². The molecule has 0 radical (unpaired) electrons. The average molecular weight is 439 g/mol. The summed E-state index contributed by atoms with van der Waals surface area (Å²) in [6, 6.07) is 6.87. The molecule has 7 nitrogen and oxygen atoms in total. The van der Waals surface area contributed by atoms with E-state index in [9.17, 15) is 0 Å². The van der Waals surface area contributed by atoms with E-state index in [4.69, 9.17) is 14.7 Å². The molecule has 2 aliphatic heterocycles. The minimum atomic E-state index is 0.650. The van der Waals surface area contributed by atoms with Crippen LogP contribution < -0.4 is 4.90 Å². The predicted octanol–water partition coefficient (Wildman–Crippen LogP) is 3.12. The van der Waals surface area contributed by atoms with Gasteiger partial charge in [0.15, 0.2) is 11.6 Å². The summed E-state index contributed by atoms with van der Waals surface area (Å²) in [7, 11) is 4.48. The summed E-state index contributed by atoms with van der Waals surface area (Å²) >= 11 is 1.84. The molecule has 0 unspecified atom stereocenters. The van der Waals surface area contributed by atoms with E-state index in [0.29, 0.717) is 6.04 Å². The molecule has 3 aromatic rings. The summed E-state index contributed by atoms with van der Waals surface area (Å²) in [5.74, 6) is 1.78. The molecular formula is C23H30N6OS. The van der Waals surface area contributed by atoms with Crippen LogP contribution in [0.1, 0.15) is 17.7 Å². The maximum absolute atomic E-state index is 5.58. The molecule has 0 aliphatic carbocycles. The second kappa shape index (κ2) is 9.16. The molecule has 3 aromatic heterocycles. The van der Waals surface area contributed by atoms with E-state index in [1.807, 2.05) is 29.7 Å². The summed E-state index contributed by atoms with van der Waals surface area (Å²) < 4.78 is 6.76. The van der Waals surface area contributed by atoms with Crippen LogP contribution in [0.3, 0.4) is 0 Å². The zero-order valence-electron chi connectivity index (χ0n) is 18.3. The van der Waals surface area contributed by atoms with Crippen molar-refractivity contribution in [2.24, 2.45) is 0 Å². The van der Waals surface area contributed by atoms with Crippen LogP contribution in [-0.4, -0.2) is 84.3 Å². The Kier molecular flexibility index (Phi) is 6.13. The van der Waals surface area contributed by atoms with Crippen LogP contribution in [0.2, 0.25) is 0 Å². The maximum atomic E-state index is 5.58. The molecule has 8 heteroatoms. The van der Waals surface area contributed by atoms with Crippen molar-refractivity contribution in [3.05, 3.63) is 35.5 Å². The van der Waals surface area contributed by atoms with Crippen LogP contribution in [0.4, 0.5) is 5.82 Å². The number of ether oxygens (including phenoxy) is 1. The highest BCUT2D eigenvalue weighted by atomic mass is 32.1. The zero-order chi connectivity index (χ0) is 21.2. The molecule has 2 saturated heterocycles. The Balaban J connectivity index is 1.47. The molecule has 0 amide bonds. The SMILES string of the molecule is CN1CCC(N(C)Cc2cc3nc(-c4cccnc4)nc(N4CCOCC4)c3s2)CC1. The van der Waals surface area contributed by atoms with Crippen LogP contribution >= 0.6 is 11.3 Å². The number of likely N-dealkylation sites (tertiary alicyclic amines) is 1. The number of thiophene rings is 1. The molecule has 0 N–H and O–H groups in total. The smallest absolute Gasteiger partial charge is 0.163 e. The standard InChI is InChI=1S/C23H30N6OS/c1-27-8-5-18(6-9-27)28(2)16-19-14-20-21(31-19)23(29-10-12-30-13-11-29)26-22(25-20)17-4-3-7-24-15-17/h3-4,7,14-15,18H,5-6,8-13,16H2,1-2H3. The molecule has 0 spiro atoms. The first-order valence-electron chi connectivity index (χ1n) is 11.1. The lowest BCUT2D eigenvalue weighted by molar-refractivity contribution is 0.122. The van der Waals surface area contributed by atoms with Gasteiger partial charge in [-0.25, -0.2) is 9.97 Å². The van der Waals surface area contributed by atoms with E-state index in [1.165, 1.54) is 35.5 Å². The summed E-state index contributed by atoms with van der Waals surface area (Å²) in [4.78, 5) is 22.8. The first kappa shape index (κ1) is 20.8. The van der Waals surface area contributed by atoms with Gasteiger partial charge >= 0.3 is 0 Å². The molecule has 5 rings (SSSR count). The molecule has 5 heterocycles. The van der Waals surface area contributed by atoms with E-state index in [-0.39, 0.29) is 0 Å². The Labute approximate surface area is 187 Å². The maximum Gasteiger partial charge on any atom is 0.163 e. The molecule has 164 valence electrons. The van der Waals surface area contributed by atoms with Gasteiger partial charge in [-0.2, -0.15) is 0 Å². The number of rotatable bonds is 5. The summed E-state index contributed by atoms with van der Waals surface area (Å²) in [6.45, 7) is 6.53. The van der Waals surface area contributed by atoms with E-state index in [1.54, 1.807) is 6.20 Å². The summed E-state index contributed by atoms with van der Waals surface area (Å²) in [6.07, 6.45) is 6.10. The molecule has 0 atom stereocenters. The molecule has 0 aromatic carbocycles. The average Bonchev–Trinajstić information content (AvgIpc) is 3.22. The number of aromatic nitrogens is 3. The Morgan fingerprint density at radius 2 is 1.97 bits per heavy atom. The number of hydrogen-bond donors (Lipinski definition) is 0. The minimum absolute atomic E-state index is 0.650. The van der Waals surface area contributed by atoms with Crippen molar-refractivity contribution in [1.29, 1.82) is 0 Å². The fourth-order valence-corrected chi connectivity index (χ4v) is 5.64. The number of pyridine rings is 1. The van der Waals surface area contributed by atoms with Gasteiger partial charge in [0.25, 0.3) is 0 Å². The first-order valence-corrected chi connectivity index (χ1v) is 11.9. The highest BCUT2D eigenvalue weighted by Gasteiger charge is 2.23. The van der Waals surface area contributed by atoms with Crippen molar-refractivity contribution in [3.8, 4) is 11.4 Å². The van der Waals surface area contributed by atoms with Crippen molar-refractivity contribution in [3.63, 3.8) is 0 Å². The van der Waals surface area contributed by atoms with Gasteiger partial charge < -0.3 is 14.5 Å². The second-order valence-electron chi connectivity index (χ2n) is 8.59. The number of hydrogen-bond acceptors (Lipinski definition) is 8. The third-order valence-electron chi connectivity index (χ3n) is 6.35. The molecule has 2 aliphatic rings. The largest absolute Gasteiger partial charge is 0.378 e. The number of piperidine rings is 1. The quantitative estimate of drug-likeness (QED) is 0.607. The van der Waals surface area contributed by atoms with Crippen LogP contribution in [0, 0.1) is 0 Å². The first-order chi connectivity index (χ1) is 15.2. The lowest BCUT2D eigenvalue weighted by Gasteiger charge is -2.34. The molecule has 31 heavy (non-hydrogen) atoms. The fraction of sp³-hybridized carbons (Fsp3) is 0.522. The van der Waals surface area contributed by atoms with Gasteiger partial charge in [0.1, 0.15) is 0 Å². The van der Waals surface area contributed by atoms with Crippen molar-refractivity contribution < 1.29 is 4.74 Å². The summed E-state index contributed by atoms with van der Waals surface area (Å²) in [5, 5.41) is 0. The highest BCUT2D eigenvalue weighted by molar-refractivity contribution is 7.19. The van der Waals surface area contributed by atoms with Gasteiger partial charge in [-0.15, -0.1) is 11.3 Å². The second-order valence-corrected chi connectivity index (χ2v) is 9.73. The Morgan fingerprint density at radius 1 is 1.16 bits per heavy atom. The number of fused-ring (bicyclic) bond motifs is 1. The normalized spacial score (nSPS) is 18.9. The third-order valence-corrected chi connectivity index (χ3v) is 7.46. The minimum Gasteiger partial charge on any atom is -0.378 e. The van der Waals surface area contributed by atoms with E-state index in [2.05, 4.69) is 39.8 Å². The van der Waals surface area contributed by atoms with E-state index >= 15 is 0 Å². The predicted molar refractivity (Wildman–Crippen MR) is 126 cm³/mol. The summed E-state index contributed by atoms with van der Waals surface area (Å²) in [5.41, 5.74) is 1.99. The van der Waals surface area contributed by atoms with Crippen LogP contribution in [-0.2, 0) is 11.3 Å². The van der Waals surface area contributed by atoms with Crippen LogP contribution in [0.5, 0.6) is 0 Å². The Bertz CT molecular complexity index is 1010. The van der Waals surface area contributed by atoms with Crippen LogP contribution in [0.25, 0.3) is 21.6 Å². The number of morpholine rings is 1. The van der Waals surface area contributed by atoms with Gasteiger partial charge in [0.05, 0.1) is 23.4 Å². The lowest BCUT2D eigenvalue weighted by atomic mass is 10.0. The topological polar surface area (TPSA) is 57.6 Å². The Morgan fingerprint density at radius 3 is 2.71 bits per heavy atom. The van der Waals surface area contributed by atoms with Gasteiger partial charge in [-0.05, 0) is 58.2 Å². The molecule has 2 fully saturated rings. The van der Waals surface area contributed by atoms with E-state index in [0.717, 1.165) is 55.6 Å². The Hall–Kier alpha value is -2.13. The van der Waals surface area contributed by atoms with Crippen molar-refractivity contribution in [1.82, 2.24) is 24.8 Å². The zero-order valence-corrected chi connectivity index (χ0v) is 19.1. The van der Waals surface area contributed by atoms with Gasteiger partial charge in [-0.3, -0.25) is 9.88 Å². The highest BCUT2D eigenvalue weighted by Crippen LogP contribution is 2.35. The number of anilines is 1. The molecule has 0 saturated carbocycles.